The largest absolute Gasteiger partial charge is 0.391 e. The molecule has 4 atom stereocenters. The third-order valence-corrected chi connectivity index (χ3v) is 4.46. The van der Waals surface area contributed by atoms with Gasteiger partial charge in [-0.15, -0.1) is 0 Å². The zero-order chi connectivity index (χ0) is 12.5. The Hall–Kier alpha value is -0.900. The summed E-state index contributed by atoms with van der Waals surface area (Å²) in [5.41, 5.74) is 1.26. The van der Waals surface area contributed by atoms with Crippen molar-refractivity contribution in [3.8, 4) is 0 Å². The summed E-state index contributed by atoms with van der Waals surface area (Å²) >= 11 is 0. The fraction of sp³-hybridized carbons (Fsp3) is 0.600. The minimum atomic E-state index is -0.225. The second kappa shape index (κ2) is 5.00. The Morgan fingerprint density at radius 2 is 1.44 bits per heavy atom. The molecule has 2 fully saturated rings. The number of fused-ring (bicyclic) bond motifs is 2. The standard InChI is InChI=1S/C15H21NO2/c17-14-8-6-12-15(18)9-7-13(14)16(12)10-11-4-2-1-3-5-11/h1-5,12-15,17-18H,6-10H2/t12-,13-,14-,15+/m0/s1. The number of aliphatic hydroxyl groups is 2. The fourth-order valence-corrected chi connectivity index (χ4v) is 3.50. The Morgan fingerprint density at radius 3 is 2.00 bits per heavy atom. The van der Waals surface area contributed by atoms with E-state index in [1.54, 1.807) is 0 Å². The number of rotatable bonds is 2. The number of aliphatic hydroxyl groups excluding tert-OH is 2. The molecule has 0 unspecified atom stereocenters. The first-order valence-electron chi connectivity index (χ1n) is 6.91. The molecule has 0 aromatic heterocycles. The van der Waals surface area contributed by atoms with Gasteiger partial charge in [-0.1, -0.05) is 30.3 Å². The molecule has 2 heterocycles. The van der Waals surface area contributed by atoms with Gasteiger partial charge in [-0.05, 0) is 31.2 Å². The van der Waals surface area contributed by atoms with Gasteiger partial charge < -0.3 is 10.2 Å². The molecular weight excluding hydrogens is 226 g/mol. The second-order valence-electron chi connectivity index (χ2n) is 5.58. The third-order valence-electron chi connectivity index (χ3n) is 4.46. The van der Waals surface area contributed by atoms with Gasteiger partial charge in [0.05, 0.1) is 12.2 Å². The first kappa shape index (κ1) is 12.2. The van der Waals surface area contributed by atoms with Gasteiger partial charge in [0.25, 0.3) is 0 Å². The molecule has 2 N–H and O–H groups in total. The summed E-state index contributed by atoms with van der Waals surface area (Å²) in [6, 6.07) is 10.8. The molecule has 0 radical (unpaired) electrons. The van der Waals surface area contributed by atoms with Crippen molar-refractivity contribution in [1.29, 1.82) is 0 Å². The maximum atomic E-state index is 10.1. The molecule has 1 aromatic rings. The molecular formula is C15H21NO2. The van der Waals surface area contributed by atoms with Crippen molar-refractivity contribution >= 4 is 0 Å². The van der Waals surface area contributed by atoms with Gasteiger partial charge in [0.15, 0.2) is 0 Å². The number of hydrogen-bond acceptors (Lipinski definition) is 3. The van der Waals surface area contributed by atoms with Gasteiger partial charge in [-0.2, -0.15) is 0 Å². The summed E-state index contributed by atoms with van der Waals surface area (Å²) in [4.78, 5) is 2.32. The minimum Gasteiger partial charge on any atom is -0.391 e. The van der Waals surface area contributed by atoms with Crippen LogP contribution in [0.5, 0.6) is 0 Å². The highest BCUT2D eigenvalue weighted by Gasteiger charge is 2.42. The van der Waals surface area contributed by atoms with Crippen molar-refractivity contribution in [3.05, 3.63) is 35.9 Å². The van der Waals surface area contributed by atoms with Gasteiger partial charge in [-0.3, -0.25) is 4.90 Å². The van der Waals surface area contributed by atoms with Gasteiger partial charge in [0.2, 0.25) is 0 Å². The van der Waals surface area contributed by atoms with Gasteiger partial charge in [-0.25, -0.2) is 0 Å². The van der Waals surface area contributed by atoms with Crippen molar-refractivity contribution in [3.63, 3.8) is 0 Å². The van der Waals surface area contributed by atoms with E-state index in [9.17, 15) is 10.2 Å². The maximum Gasteiger partial charge on any atom is 0.0696 e. The molecule has 98 valence electrons. The van der Waals surface area contributed by atoms with Crippen molar-refractivity contribution in [2.75, 3.05) is 0 Å². The normalized spacial score (nSPS) is 36.6. The van der Waals surface area contributed by atoms with E-state index in [1.807, 2.05) is 18.2 Å². The summed E-state index contributed by atoms with van der Waals surface area (Å²) in [6.07, 6.45) is 3.03. The zero-order valence-electron chi connectivity index (χ0n) is 10.6. The van der Waals surface area contributed by atoms with Crippen molar-refractivity contribution in [2.45, 2.75) is 56.5 Å². The maximum absolute atomic E-state index is 10.1. The predicted octanol–water partition coefficient (Wildman–Crippen LogP) is 1.54. The molecule has 3 nitrogen and oxygen atoms in total. The monoisotopic (exact) mass is 247 g/mol. The highest BCUT2D eigenvalue weighted by molar-refractivity contribution is 5.15. The fourth-order valence-electron chi connectivity index (χ4n) is 3.50. The highest BCUT2D eigenvalue weighted by atomic mass is 16.3. The molecule has 2 aliphatic rings. The smallest absolute Gasteiger partial charge is 0.0696 e. The van der Waals surface area contributed by atoms with Gasteiger partial charge in [0, 0.05) is 18.6 Å². The molecule has 2 bridgehead atoms. The predicted molar refractivity (Wildman–Crippen MR) is 70.0 cm³/mol. The number of piperidine rings is 2. The number of benzene rings is 1. The summed E-state index contributed by atoms with van der Waals surface area (Å²) < 4.78 is 0. The summed E-state index contributed by atoms with van der Waals surface area (Å²) in [6.45, 7) is 0.838. The average molecular weight is 247 g/mol. The Labute approximate surface area is 108 Å². The molecule has 18 heavy (non-hydrogen) atoms. The van der Waals surface area contributed by atoms with Crippen LogP contribution in [0, 0.1) is 0 Å². The van der Waals surface area contributed by atoms with E-state index >= 15 is 0 Å². The van der Waals surface area contributed by atoms with Crippen LogP contribution in [0.4, 0.5) is 0 Å². The average Bonchev–Trinajstić information content (AvgIpc) is 2.38. The molecule has 0 aliphatic carbocycles. The van der Waals surface area contributed by atoms with Crippen molar-refractivity contribution in [1.82, 2.24) is 4.90 Å². The number of nitrogens with zero attached hydrogens (tertiary/aromatic N) is 1. The van der Waals surface area contributed by atoms with Crippen molar-refractivity contribution < 1.29 is 10.2 Å². The SMILES string of the molecule is O[C@@H]1CC[C@H]2[C@@H](O)CC[C@@H]1N2Cc1ccccc1. The van der Waals surface area contributed by atoms with E-state index in [1.165, 1.54) is 5.56 Å². The van der Waals surface area contributed by atoms with Gasteiger partial charge in [0.1, 0.15) is 0 Å². The third kappa shape index (κ3) is 2.18. The molecule has 0 saturated carbocycles. The quantitative estimate of drug-likeness (QED) is 0.833. The van der Waals surface area contributed by atoms with Crippen LogP contribution in [0.1, 0.15) is 31.2 Å². The van der Waals surface area contributed by atoms with E-state index in [0.717, 1.165) is 32.2 Å². The van der Waals surface area contributed by atoms with Crippen LogP contribution in [0.2, 0.25) is 0 Å². The molecule has 0 spiro atoms. The number of hydrogen-bond donors (Lipinski definition) is 2. The van der Waals surface area contributed by atoms with Crippen LogP contribution in [-0.2, 0) is 6.54 Å². The van der Waals surface area contributed by atoms with E-state index in [4.69, 9.17) is 0 Å². The first-order chi connectivity index (χ1) is 8.75. The Bertz CT molecular complexity index is 377. The lowest BCUT2D eigenvalue weighted by Gasteiger charge is -2.50. The van der Waals surface area contributed by atoms with Crippen LogP contribution in [0.15, 0.2) is 30.3 Å². The molecule has 1 aromatic carbocycles. The van der Waals surface area contributed by atoms with Crippen LogP contribution < -0.4 is 0 Å². The van der Waals surface area contributed by atoms with E-state index in [0.29, 0.717) is 0 Å². The summed E-state index contributed by atoms with van der Waals surface area (Å²) in [5, 5.41) is 20.3. The second-order valence-corrected chi connectivity index (χ2v) is 5.58. The van der Waals surface area contributed by atoms with Crippen LogP contribution in [0.3, 0.4) is 0 Å². The van der Waals surface area contributed by atoms with Crippen LogP contribution >= 0.6 is 0 Å². The first-order valence-corrected chi connectivity index (χ1v) is 6.91. The lowest BCUT2D eigenvalue weighted by Crippen LogP contribution is -2.60. The Morgan fingerprint density at radius 1 is 0.889 bits per heavy atom. The van der Waals surface area contributed by atoms with E-state index < -0.39 is 0 Å². The molecule has 3 rings (SSSR count). The Kier molecular flexibility index (Phi) is 3.37. The molecule has 0 amide bonds. The molecule has 2 aliphatic heterocycles. The van der Waals surface area contributed by atoms with Crippen molar-refractivity contribution in [2.24, 2.45) is 0 Å². The molecule has 3 heteroatoms. The Balaban J connectivity index is 1.80. The van der Waals surface area contributed by atoms with E-state index in [2.05, 4.69) is 17.0 Å². The summed E-state index contributed by atoms with van der Waals surface area (Å²) in [5.74, 6) is 0. The van der Waals surface area contributed by atoms with Gasteiger partial charge >= 0.3 is 0 Å². The zero-order valence-corrected chi connectivity index (χ0v) is 10.6. The van der Waals surface area contributed by atoms with Crippen LogP contribution in [0.25, 0.3) is 0 Å². The highest BCUT2D eigenvalue weighted by Crippen LogP contribution is 2.35. The lowest BCUT2D eigenvalue weighted by atomic mass is 9.81. The van der Waals surface area contributed by atoms with Crippen LogP contribution in [-0.4, -0.2) is 39.4 Å². The van der Waals surface area contributed by atoms with E-state index in [-0.39, 0.29) is 24.3 Å². The molecule has 2 saturated heterocycles. The minimum absolute atomic E-state index is 0.225. The topological polar surface area (TPSA) is 43.7 Å². The lowest BCUT2D eigenvalue weighted by molar-refractivity contribution is -0.102. The summed E-state index contributed by atoms with van der Waals surface area (Å²) in [7, 11) is 0.